The molecule has 0 spiro atoms. The van der Waals surface area contributed by atoms with Gasteiger partial charge in [-0.25, -0.2) is 0 Å². The fraction of sp³-hybridized carbons (Fsp3) is 0.0500. The van der Waals surface area contributed by atoms with Gasteiger partial charge in [0.05, 0.1) is 16.6 Å². The van der Waals surface area contributed by atoms with E-state index in [0.717, 1.165) is 22.7 Å². The predicted octanol–water partition coefficient (Wildman–Crippen LogP) is 10.8. The molecule has 0 unspecified atom stereocenters. The fourth-order valence-corrected chi connectivity index (χ4v) is 6.36. The lowest BCUT2D eigenvalue weighted by Gasteiger charge is -2.26. The Labute approximate surface area is 251 Å². The highest BCUT2D eigenvalue weighted by molar-refractivity contribution is 6.21. The highest BCUT2D eigenvalue weighted by Crippen LogP contribution is 2.39. The number of rotatable bonds is 5. The van der Waals surface area contributed by atoms with Crippen LogP contribution in [0.25, 0.3) is 44.1 Å². The molecule has 8 aromatic rings. The molecule has 2 heterocycles. The molecule has 0 fully saturated rings. The molecule has 0 aliphatic carbocycles. The highest BCUT2D eigenvalue weighted by atomic mass is 15.1. The van der Waals surface area contributed by atoms with Crippen molar-refractivity contribution in [2.24, 2.45) is 0 Å². The third-order valence-electron chi connectivity index (χ3n) is 8.49. The van der Waals surface area contributed by atoms with Crippen LogP contribution in [0, 0.1) is 13.8 Å². The standard InChI is InChI=1S/C40H31N3/c1-28-12-16-31(17-13-28)42(32-18-14-29(2)15-19-32)33-20-22-34(23-21-33)43-38-11-7-6-10-35(38)40-36-26-27-41(30-8-4-3-5-9-30)37(36)24-25-39(40)43/h3-27H,1-2H3. The summed E-state index contributed by atoms with van der Waals surface area (Å²) in [7, 11) is 0. The molecule has 8 rings (SSSR count). The van der Waals surface area contributed by atoms with Crippen LogP contribution in [-0.4, -0.2) is 9.13 Å². The van der Waals surface area contributed by atoms with Crippen molar-refractivity contribution in [3.8, 4) is 11.4 Å². The molecule has 3 heteroatoms. The zero-order valence-electron chi connectivity index (χ0n) is 24.3. The Morgan fingerprint density at radius 1 is 0.419 bits per heavy atom. The van der Waals surface area contributed by atoms with Gasteiger partial charge in [-0.1, -0.05) is 71.8 Å². The average molecular weight is 554 g/mol. The molecule has 6 aromatic carbocycles. The van der Waals surface area contributed by atoms with Gasteiger partial charge in [-0.05, 0) is 98.8 Å². The summed E-state index contributed by atoms with van der Waals surface area (Å²) < 4.78 is 4.68. The lowest BCUT2D eigenvalue weighted by atomic mass is 10.1. The van der Waals surface area contributed by atoms with Gasteiger partial charge in [0.25, 0.3) is 0 Å². The summed E-state index contributed by atoms with van der Waals surface area (Å²) in [6.07, 6.45) is 2.19. The Bertz CT molecular complexity index is 2170. The molecule has 43 heavy (non-hydrogen) atoms. The van der Waals surface area contributed by atoms with Crippen molar-refractivity contribution in [3.63, 3.8) is 0 Å². The van der Waals surface area contributed by atoms with E-state index < -0.39 is 0 Å². The number of para-hydroxylation sites is 2. The van der Waals surface area contributed by atoms with Gasteiger partial charge >= 0.3 is 0 Å². The SMILES string of the molecule is Cc1ccc(N(c2ccc(C)cc2)c2ccc(-n3c4ccccc4c4c5ccn(-c6ccccc6)c5ccc43)cc2)cc1. The van der Waals surface area contributed by atoms with Crippen LogP contribution in [0.1, 0.15) is 11.1 Å². The third-order valence-corrected chi connectivity index (χ3v) is 8.49. The maximum absolute atomic E-state index is 2.40. The first kappa shape index (κ1) is 25.2. The monoisotopic (exact) mass is 553 g/mol. The Morgan fingerprint density at radius 2 is 0.953 bits per heavy atom. The van der Waals surface area contributed by atoms with E-state index in [9.17, 15) is 0 Å². The number of aryl methyl sites for hydroxylation is 2. The molecule has 0 atom stereocenters. The number of hydrogen-bond acceptors (Lipinski definition) is 1. The van der Waals surface area contributed by atoms with E-state index in [1.807, 2.05) is 0 Å². The molecule has 0 aliphatic rings. The first-order valence-corrected chi connectivity index (χ1v) is 14.8. The number of fused-ring (bicyclic) bond motifs is 5. The lowest BCUT2D eigenvalue weighted by Crippen LogP contribution is -2.10. The van der Waals surface area contributed by atoms with Gasteiger partial charge in [0.2, 0.25) is 0 Å². The fourth-order valence-electron chi connectivity index (χ4n) is 6.36. The van der Waals surface area contributed by atoms with Gasteiger partial charge in [-0.3, -0.25) is 0 Å². The summed E-state index contributed by atoms with van der Waals surface area (Å²) in [6, 6.07) is 52.6. The maximum Gasteiger partial charge on any atom is 0.0548 e. The van der Waals surface area contributed by atoms with Gasteiger partial charge in [0.1, 0.15) is 0 Å². The summed E-state index contributed by atoms with van der Waals surface area (Å²) in [5.41, 5.74) is 11.9. The van der Waals surface area contributed by atoms with E-state index in [1.165, 1.54) is 49.5 Å². The minimum Gasteiger partial charge on any atom is -0.317 e. The average Bonchev–Trinajstić information content (AvgIpc) is 3.63. The largest absolute Gasteiger partial charge is 0.317 e. The topological polar surface area (TPSA) is 13.1 Å². The number of anilines is 3. The van der Waals surface area contributed by atoms with Crippen molar-refractivity contribution in [2.75, 3.05) is 4.90 Å². The van der Waals surface area contributed by atoms with Crippen molar-refractivity contribution in [3.05, 3.63) is 163 Å². The van der Waals surface area contributed by atoms with Crippen molar-refractivity contribution in [1.82, 2.24) is 9.13 Å². The molecule has 0 saturated carbocycles. The van der Waals surface area contributed by atoms with Crippen LogP contribution in [0.4, 0.5) is 17.1 Å². The van der Waals surface area contributed by atoms with E-state index in [2.05, 4.69) is 180 Å². The normalized spacial score (nSPS) is 11.5. The van der Waals surface area contributed by atoms with Crippen LogP contribution in [0.5, 0.6) is 0 Å². The van der Waals surface area contributed by atoms with Gasteiger partial charge in [0, 0.05) is 50.8 Å². The van der Waals surface area contributed by atoms with Crippen LogP contribution < -0.4 is 4.90 Å². The smallest absolute Gasteiger partial charge is 0.0548 e. The third kappa shape index (κ3) is 4.21. The second-order valence-electron chi connectivity index (χ2n) is 11.3. The quantitative estimate of drug-likeness (QED) is 0.207. The van der Waals surface area contributed by atoms with Crippen LogP contribution >= 0.6 is 0 Å². The molecule has 0 N–H and O–H groups in total. The minimum atomic E-state index is 1.12. The van der Waals surface area contributed by atoms with Crippen molar-refractivity contribution >= 4 is 49.8 Å². The Balaban J connectivity index is 1.28. The maximum atomic E-state index is 2.40. The molecule has 0 radical (unpaired) electrons. The first-order valence-electron chi connectivity index (χ1n) is 14.8. The van der Waals surface area contributed by atoms with Crippen molar-refractivity contribution in [1.29, 1.82) is 0 Å². The molecular formula is C40H31N3. The van der Waals surface area contributed by atoms with Gasteiger partial charge < -0.3 is 14.0 Å². The van der Waals surface area contributed by atoms with Crippen LogP contribution in [0.2, 0.25) is 0 Å². The van der Waals surface area contributed by atoms with E-state index in [4.69, 9.17) is 0 Å². The van der Waals surface area contributed by atoms with Gasteiger partial charge in [-0.15, -0.1) is 0 Å². The molecule has 2 aromatic heterocycles. The molecule has 206 valence electrons. The number of aromatic nitrogens is 2. The predicted molar refractivity (Wildman–Crippen MR) is 182 cm³/mol. The number of nitrogens with zero attached hydrogens (tertiary/aromatic N) is 3. The molecule has 3 nitrogen and oxygen atoms in total. The number of hydrogen-bond donors (Lipinski definition) is 0. The lowest BCUT2D eigenvalue weighted by molar-refractivity contribution is 1.13. The summed E-state index contributed by atoms with van der Waals surface area (Å²) >= 11 is 0. The summed E-state index contributed by atoms with van der Waals surface area (Å²) in [6.45, 7) is 4.26. The summed E-state index contributed by atoms with van der Waals surface area (Å²) in [5.74, 6) is 0. The molecule has 0 bridgehead atoms. The van der Waals surface area contributed by atoms with Crippen molar-refractivity contribution in [2.45, 2.75) is 13.8 Å². The number of benzene rings is 6. The Hall–Kier alpha value is -5.54. The second kappa shape index (κ2) is 10.1. The summed E-state index contributed by atoms with van der Waals surface area (Å²) in [5, 5.41) is 3.81. The van der Waals surface area contributed by atoms with Gasteiger partial charge in [-0.2, -0.15) is 0 Å². The zero-order valence-corrected chi connectivity index (χ0v) is 24.3. The van der Waals surface area contributed by atoms with Crippen LogP contribution in [-0.2, 0) is 0 Å². The molecule has 0 saturated heterocycles. The van der Waals surface area contributed by atoms with E-state index in [-0.39, 0.29) is 0 Å². The van der Waals surface area contributed by atoms with E-state index in [0.29, 0.717) is 0 Å². The molecule has 0 aliphatic heterocycles. The van der Waals surface area contributed by atoms with E-state index in [1.54, 1.807) is 0 Å². The minimum absolute atomic E-state index is 1.12. The molecule has 0 amide bonds. The van der Waals surface area contributed by atoms with Crippen molar-refractivity contribution < 1.29 is 0 Å². The summed E-state index contributed by atoms with van der Waals surface area (Å²) in [4.78, 5) is 2.32. The highest BCUT2D eigenvalue weighted by Gasteiger charge is 2.18. The Kier molecular flexibility index (Phi) is 5.90. The van der Waals surface area contributed by atoms with Crippen LogP contribution in [0.3, 0.4) is 0 Å². The van der Waals surface area contributed by atoms with Crippen LogP contribution in [0.15, 0.2) is 152 Å². The van der Waals surface area contributed by atoms with E-state index >= 15 is 0 Å². The second-order valence-corrected chi connectivity index (χ2v) is 11.3. The first-order chi connectivity index (χ1) is 21.2. The Morgan fingerprint density at radius 3 is 1.60 bits per heavy atom. The van der Waals surface area contributed by atoms with Gasteiger partial charge in [0.15, 0.2) is 0 Å². The molecular weight excluding hydrogens is 522 g/mol. The zero-order chi connectivity index (χ0) is 28.9.